The molecule has 2 saturated carbocycles. The maximum atomic E-state index is 10.8. The van der Waals surface area contributed by atoms with Gasteiger partial charge in [-0.05, 0) is 32.1 Å². The van der Waals surface area contributed by atoms with E-state index in [9.17, 15) is 9.59 Å². The molecule has 0 atom stereocenters. The summed E-state index contributed by atoms with van der Waals surface area (Å²) >= 11 is 0. The average Bonchev–Trinajstić information content (AvgIpc) is 2.59. The summed E-state index contributed by atoms with van der Waals surface area (Å²) in [5, 5.41) is 11.2. The average molecular weight is 183 g/mol. The minimum atomic E-state index is -0.969. The zero-order valence-corrected chi connectivity index (χ0v) is 7.38. The molecule has 72 valence electrons. The molecule has 0 heterocycles. The molecule has 2 rings (SSSR count). The Morgan fingerprint density at radius 2 is 1.92 bits per heavy atom. The smallest absolute Gasteiger partial charge is 0.405 e. The van der Waals surface area contributed by atoms with E-state index in [1.54, 1.807) is 0 Å². The van der Waals surface area contributed by atoms with Gasteiger partial charge in [0.15, 0.2) is 0 Å². The molecule has 13 heavy (non-hydrogen) atoms. The van der Waals surface area contributed by atoms with Crippen LogP contribution in [-0.2, 0) is 4.79 Å². The van der Waals surface area contributed by atoms with E-state index >= 15 is 0 Å². The lowest BCUT2D eigenvalue weighted by molar-refractivity contribution is -0.115. The fourth-order valence-electron chi connectivity index (χ4n) is 2.81. The van der Waals surface area contributed by atoms with E-state index in [2.05, 4.69) is 5.32 Å². The molecular weight excluding hydrogens is 170 g/mol. The molecule has 2 bridgehead atoms. The summed E-state index contributed by atoms with van der Waals surface area (Å²) in [4.78, 5) is 21.4. The Morgan fingerprint density at radius 1 is 1.31 bits per heavy atom. The van der Waals surface area contributed by atoms with Gasteiger partial charge in [0.1, 0.15) is 6.29 Å². The molecule has 0 radical (unpaired) electrons. The van der Waals surface area contributed by atoms with E-state index in [0.717, 1.165) is 32.0 Å². The van der Waals surface area contributed by atoms with Crippen LogP contribution in [0.5, 0.6) is 0 Å². The number of carbonyl (C=O) groups is 2. The van der Waals surface area contributed by atoms with Crippen molar-refractivity contribution in [3.63, 3.8) is 0 Å². The van der Waals surface area contributed by atoms with Gasteiger partial charge in [-0.15, -0.1) is 0 Å². The van der Waals surface area contributed by atoms with Gasteiger partial charge in [0.25, 0.3) is 0 Å². The van der Waals surface area contributed by atoms with E-state index < -0.39 is 6.09 Å². The number of nitrogens with one attached hydrogen (secondary N) is 1. The number of hydrogen-bond donors (Lipinski definition) is 2. The van der Waals surface area contributed by atoms with Crippen LogP contribution in [0.1, 0.15) is 32.1 Å². The first-order chi connectivity index (χ1) is 6.10. The van der Waals surface area contributed by atoms with Gasteiger partial charge in [0, 0.05) is 11.0 Å². The van der Waals surface area contributed by atoms with Gasteiger partial charge in [0.05, 0.1) is 0 Å². The first-order valence-corrected chi connectivity index (χ1v) is 4.57. The fourth-order valence-corrected chi connectivity index (χ4v) is 2.81. The molecule has 4 nitrogen and oxygen atoms in total. The summed E-state index contributed by atoms with van der Waals surface area (Å²) in [6, 6.07) is 0. The van der Waals surface area contributed by atoms with Gasteiger partial charge >= 0.3 is 6.09 Å². The van der Waals surface area contributed by atoms with Crippen molar-refractivity contribution in [2.24, 2.45) is 5.41 Å². The van der Waals surface area contributed by atoms with Crippen molar-refractivity contribution < 1.29 is 14.7 Å². The van der Waals surface area contributed by atoms with Crippen molar-refractivity contribution in [2.75, 3.05) is 0 Å². The van der Waals surface area contributed by atoms with Crippen molar-refractivity contribution in [3.05, 3.63) is 0 Å². The molecule has 2 aliphatic rings. The minimum absolute atomic E-state index is 0.206. The van der Waals surface area contributed by atoms with Gasteiger partial charge in [-0.1, -0.05) is 0 Å². The lowest BCUT2D eigenvalue weighted by atomic mass is 9.86. The second-order valence-corrected chi connectivity index (χ2v) is 4.37. The third kappa shape index (κ3) is 1.20. The first-order valence-electron chi connectivity index (χ1n) is 4.57. The summed E-state index contributed by atoms with van der Waals surface area (Å²) in [5.74, 6) is 0. The van der Waals surface area contributed by atoms with Crippen LogP contribution in [0.3, 0.4) is 0 Å². The predicted octanol–water partition coefficient (Wildman–Crippen LogP) is 1.16. The van der Waals surface area contributed by atoms with Crippen LogP contribution in [0.2, 0.25) is 0 Å². The molecule has 1 amide bonds. The lowest BCUT2D eigenvalue weighted by Gasteiger charge is -2.26. The predicted molar refractivity (Wildman–Crippen MR) is 45.5 cm³/mol. The van der Waals surface area contributed by atoms with Crippen LogP contribution >= 0.6 is 0 Å². The fraction of sp³-hybridized carbons (Fsp3) is 0.778. The Bertz CT molecular complexity index is 254. The summed E-state index contributed by atoms with van der Waals surface area (Å²) in [5.41, 5.74) is -0.491. The molecule has 4 heteroatoms. The van der Waals surface area contributed by atoms with Crippen LogP contribution in [0.25, 0.3) is 0 Å². The molecule has 0 aromatic rings. The van der Waals surface area contributed by atoms with E-state index in [4.69, 9.17) is 5.11 Å². The van der Waals surface area contributed by atoms with Gasteiger partial charge in [-0.3, -0.25) is 0 Å². The van der Waals surface area contributed by atoms with Crippen LogP contribution in [0, 0.1) is 5.41 Å². The molecular formula is C9H13NO3. The van der Waals surface area contributed by atoms with Crippen LogP contribution in [0.15, 0.2) is 0 Å². The second kappa shape index (κ2) is 2.47. The van der Waals surface area contributed by atoms with Crippen molar-refractivity contribution in [1.82, 2.24) is 5.32 Å². The van der Waals surface area contributed by atoms with Crippen LogP contribution in [0.4, 0.5) is 4.79 Å². The Balaban J connectivity index is 2.13. The zero-order chi connectivity index (χ0) is 9.53. The lowest BCUT2D eigenvalue weighted by Crippen LogP contribution is -2.44. The maximum Gasteiger partial charge on any atom is 0.405 e. The van der Waals surface area contributed by atoms with E-state index in [1.165, 1.54) is 0 Å². The summed E-state index contributed by atoms with van der Waals surface area (Å²) in [6.45, 7) is 0. The quantitative estimate of drug-likeness (QED) is 0.631. The Kier molecular flexibility index (Phi) is 1.62. The number of rotatable bonds is 2. The van der Waals surface area contributed by atoms with Crippen LogP contribution < -0.4 is 5.32 Å². The molecule has 2 aliphatic carbocycles. The Hall–Kier alpha value is -1.06. The number of carboxylic acid groups (broad SMARTS) is 1. The monoisotopic (exact) mass is 183 g/mol. The number of amides is 1. The van der Waals surface area contributed by atoms with Gasteiger partial charge in [-0.2, -0.15) is 0 Å². The minimum Gasteiger partial charge on any atom is -0.465 e. The molecule has 0 unspecified atom stereocenters. The molecule has 0 aromatic heterocycles. The molecule has 0 aromatic carbocycles. The highest BCUT2D eigenvalue weighted by atomic mass is 16.4. The van der Waals surface area contributed by atoms with Crippen molar-refractivity contribution in [3.8, 4) is 0 Å². The van der Waals surface area contributed by atoms with Gasteiger partial charge in [0.2, 0.25) is 0 Å². The van der Waals surface area contributed by atoms with E-state index in [0.29, 0.717) is 6.42 Å². The highest BCUT2D eigenvalue weighted by Gasteiger charge is 2.54. The Morgan fingerprint density at radius 3 is 2.31 bits per heavy atom. The molecule has 0 spiro atoms. The number of fused-ring (bicyclic) bond motifs is 2. The SMILES string of the molecule is O=CC12CCC(NC(=O)O)(CC1)C2. The van der Waals surface area contributed by atoms with Crippen molar-refractivity contribution >= 4 is 12.4 Å². The zero-order valence-electron chi connectivity index (χ0n) is 7.38. The largest absolute Gasteiger partial charge is 0.465 e. The first kappa shape index (κ1) is 8.53. The highest BCUT2D eigenvalue weighted by molar-refractivity contribution is 5.68. The number of carbonyl (C=O) groups excluding carboxylic acids is 1. The van der Waals surface area contributed by atoms with Crippen LogP contribution in [-0.4, -0.2) is 23.0 Å². The van der Waals surface area contributed by atoms with E-state index in [-0.39, 0.29) is 11.0 Å². The van der Waals surface area contributed by atoms with Crippen molar-refractivity contribution in [2.45, 2.75) is 37.6 Å². The molecule has 0 aliphatic heterocycles. The third-order valence-electron chi connectivity index (χ3n) is 3.52. The maximum absolute atomic E-state index is 10.8. The van der Waals surface area contributed by atoms with Gasteiger partial charge < -0.3 is 15.2 Å². The standard InChI is InChI=1S/C9H13NO3/c11-6-8-1-3-9(5-8,4-2-8)10-7(12)13/h6,10H,1-5H2,(H,12,13). The molecule has 0 saturated heterocycles. The molecule has 2 fully saturated rings. The third-order valence-corrected chi connectivity index (χ3v) is 3.52. The molecule has 2 N–H and O–H groups in total. The normalized spacial score (nSPS) is 41.8. The summed E-state index contributed by atoms with van der Waals surface area (Å²) in [7, 11) is 0. The summed E-state index contributed by atoms with van der Waals surface area (Å²) < 4.78 is 0. The van der Waals surface area contributed by atoms with E-state index in [1.807, 2.05) is 0 Å². The second-order valence-electron chi connectivity index (χ2n) is 4.37. The van der Waals surface area contributed by atoms with Crippen molar-refractivity contribution in [1.29, 1.82) is 0 Å². The number of aldehydes is 1. The number of hydrogen-bond acceptors (Lipinski definition) is 2. The highest BCUT2D eigenvalue weighted by Crippen LogP contribution is 2.55. The topological polar surface area (TPSA) is 66.4 Å². The summed E-state index contributed by atoms with van der Waals surface area (Å²) in [6.07, 6.45) is 4.08. The Labute approximate surface area is 76.3 Å². The van der Waals surface area contributed by atoms with Gasteiger partial charge in [-0.25, -0.2) is 4.79 Å².